The number of rotatable bonds is 16. The first-order chi connectivity index (χ1) is 14.0. The van der Waals surface area contributed by atoms with Gasteiger partial charge in [0, 0.05) is 0 Å². The van der Waals surface area contributed by atoms with Crippen LogP contribution in [0.5, 0.6) is 0 Å². The third-order valence-corrected chi connectivity index (χ3v) is 7.52. The Hall–Kier alpha value is -0.160. The highest BCUT2D eigenvalue weighted by Gasteiger charge is 2.40. The van der Waals surface area contributed by atoms with Crippen molar-refractivity contribution in [3.63, 3.8) is 0 Å². The van der Waals surface area contributed by atoms with Crippen molar-refractivity contribution in [1.82, 2.24) is 0 Å². The van der Waals surface area contributed by atoms with Gasteiger partial charge in [-0.05, 0) is 81.1 Å². The van der Waals surface area contributed by atoms with Gasteiger partial charge in [0.1, 0.15) is 0 Å². The van der Waals surface area contributed by atoms with Crippen LogP contribution in [0.25, 0.3) is 0 Å². The van der Waals surface area contributed by atoms with Gasteiger partial charge < -0.3 is 19.9 Å². The second-order valence-corrected chi connectivity index (χ2v) is 10.9. The molecule has 0 aliphatic carbocycles. The summed E-state index contributed by atoms with van der Waals surface area (Å²) in [6, 6.07) is 2.83. The summed E-state index contributed by atoms with van der Waals surface area (Å²) in [5.74, 6) is 0. The van der Waals surface area contributed by atoms with Crippen molar-refractivity contribution in [2.75, 3.05) is 26.2 Å². The molecule has 0 aliphatic rings. The summed E-state index contributed by atoms with van der Waals surface area (Å²) in [6.45, 7) is 33.8. The van der Waals surface area contributed by atoms with Crippen LogP contribution >= 0.6 is 0 Å². The van der Waals surface area contributed by atoms with E-state index in [2.05, 4.69) is 83.1 Å². The van der Waals surface area contributed by atoms with E-state index in [0.29, 0.717) is 24.2 Å². The van der Waals surface area contributed by atoms with Gasteiger partial charge in [0.05, 0.1) is 50.3 Å². The van der Waals surface area contributed by atoms with Crippen LogP contribution in [0.1, 0.15) is 134 Å². The normalized spacial score (nSPS) is 12.0. The van der Waals surface area contributed by atoms with E-state index in [-0.39, 0.29) is 11.0 Å². The first kappa shape index (κ1) is 39.1. The van der Waals surface area contributed by atoms with Crippen LogP contribution in [0.3, 0.4) is 0 Å². The van der Waals surface area contributed by atoms with E-state index in [9.17, 15) is 0 Å². The van der Waals surface area contributed by atoms with E-state index in [4.69, 9.17) is 0 Å². The second kappa shape index (κ2) is 21.4. The van der Waals surface area contributed by atoms with Crippen molar-refractivity contribution >= 4 is 0 Å². The molecule has 0 bridgehead atoms. The van der Waals surface area contributed by atoms with Gasteiger partial charge in [-0.2, -0.15) is 0 Å². The summed E-state index contributed by atoms with van der Waals surface area (Å²) < 4.78 is 2.64. The summed E-state index contributed by atoms with van der Waals surface area (Å²) in [4.78, 5) is 0. The van der Waals surface area contributed by atoms with E-state index in [1.807, 2.05) is 0 Å². The van der Waals surface area contributed by atoms with Crippen molar-refractivity contribution in [1.29, 1.82) is 0 Å². The molecule has 0 spiro atoms. The predicted octanol–water partition coefficient (Wildman–Crippen LogP) is 8.09. The fourth-order valence-corrected chi connectivity index (χ4v) is 6.22. The van der Waals surface area contributed by atoms with E-state index in [0.717, 1.165) is 0 Å². The zero-order valence-corrected chi connectivity index (χ0v) is 24.6. The minimum atomic E-state index is 0. The van der Waals surface area contributed by atoms with Gasteiger partial charge in [0.25, 0.3) is 0 Å². The minimum Gasteiger partial charge on any atom is -0.870 e. The first-order valence-electron chi connectivity index (χ1n) is 13.7. The molecule has 0 aromatic carbocycles. The van der Waals surface area contributed by atoms with Crippen LogP contribution in [0.4, 0.5) is 0 Å². The zero-order valence-electron chi connectivity index (χ0n) is 24.6. The zero-order chi connectivity index (χ0) is 23.8. The molecular weight excluding hydrogens is 396 g/mol. The van der Waals surface area contributed by atoms with Crippen LogP contribution in [0.15, 0.2) is 0 Å². The largest absolute Gasteiger partial charge is 0.870 e. The number of nitrogens with zero attached hydrogens (tertiary/aromatic N) is 2. The molecule has 0 aliphatic heterocycles. The topological polar surface area (TPSA) is 60.0 Å². The lowest BCUT2D eigenvalue weighted by molar-refractivity contribution is -1.00. The molecule has 0 saturated heterocycles. The molecule has 32 heavy (non-hydrogen) atoms. The first-order valence-corrected chi connectivity index (χ1v) is 13.7. The van der Waals surface area contributed by atoms with Crippen LogP contribution in [0.2, 0.25) is 0 Å². The summed E-state index contributed by atoms with van der Waals surface area (Å²) in [5.41, 5.74) is 0. The maximum absolute atomic E-state index is 2.35. The molecule has 4 heteroatoms. The van der Waals surface area contributed by atoms with Gasteiger partial charge in [-0.3, -0.25) is 0 Å². The third-order valence-electron chi connectivity index (χ3n) is 7.52. The van der Waals surface area contributed by atoms with Gasteiger partial charge in [-0.15, -0.1) is 0 Å². The Morgan fingerprint density at radius 1 is 0.406 bits per heavy atom. The molecule has 2 N–H and O–H groups in total. The third kappa shape index (κ3) is 12.9. The lowest BCUT2D eigenvalue weighted by Gasteiger charge is -2.52. The molecule has 200 valence electrons. The molecule has 0 saturated carbocycles. The molecular formula is C28H66N2O2. The highest BCUT2D eigenvalue weighted by atomic mass is 16.0. The Bertz CT molecular complexity index is 307. The van der Waals surface area contributed by atoms with Crippen LogP contribution in [0, 0.1) is 0 Å². The SMILES string of the molecule is CC(C)[N+](C(C)C)(C(C)C)C(C)C.CCCC[N+](CCCC)(CCCC)CCCC.[OH-].[OH-]. The monoisotopic (exact) mass is 463 g/mol. The van der Waals surface area contributed by atoms with E-state index >= 15 is 0 Å². The summed E-state index contributed by atoms with van der Waals surface area (Å²) in [7, 11) is 0. The Morgan fingerprint density at radius 3 is 0.688 bits per heavy atom. The quantitative estimate of drug-likeness (QED) is 0.218. The molecule has 0 heterocycles. The molecule has 0 atom stereocenters. The van der Waals surface area contributed by atoms with Crippen molar-refractivity contribution < 1.29 is 19.9 Å². The average Bonchev–Trinajstić information content (AvgIpc) is 2.66. The minimum absolute atomic E-state index is 0. The number of hydrogen-bond donors (Lipinski definition) is 0. The molecule has 4 nitrogen and oxygen atoms in total. The fourth-order valence-electron chi connectivity index (χ4n) is 6.22. The lowest BCUT2D eigenvalue weighted by Crippen LogP contribution is -2.65. The Balaban J connectivity index is -0.000000238. The molecule has 0 amide bonds. The van der Waals surface area contributed by atoms with E-state index < -0.39 is 0 Å². The van der Waals surface area contributed by atoms with Gasteiger partial charge >= 0.3 is 0 Å². The smallest absolute Gasteiger partial charge is 0.0839 e. The number of unbranched alkanes of at least 4 members (excludes halogenated alkanes) is 4. The number of hydrogen-bond acceptors (Lipinski definition) is 2. The fraction of sp³-hybridized carbons (Fsp3) is 1.00. The molecule has 0 radical (unpaired) electrons. The molecule has 0 rings (SSSR count). The Labute approximate surface area is 204 Å². The van der Waals surface area contributed by atoms with Crippen LogP contribution in [-0.2, 0) is 0 Å². The van der Waals surface area contributed by atoms with Crippen molar-refractivity contribution in [2.24, 2.45) is 0 Å². The maximum atomic E-state index is 2.35. The molecule has 0 aromatic rings. The van der Waals surface area contributed by atoms with Crippen LogP contribution < -0.4 is 0 Å². The predicted molar refractivity (Wildman–Crippen MR) is 144 cm³/mol. The van der Waals surface area contributed by atoms with Gasteiger partial charge in [-0.25, -0.2) is 0 Å². The Kier molecular flexibility index (Phi) is 26.1. The summed E-state index contributed by atoms with van der Waals surface area (Å²) in [5, 5.41) is 0. The maximum Gasteiger partial charge on any atom is 0.0839 e. The van der Waals surface area contributed by atoms with Crippen LogP contribution in [-0.4, -0.2) is 70.3 Å². The summed E-state index contributed by atoms with van der Waals surface area (Å²) >= 11 is 0. The average molecular weight is 463 g/mol. The standard InChI is InChI=1S/C16H36N.C12H28N.2H2O/c1-5-9-13-17(14-10-6-2,15-11-7-3)16-12-8-4;1-9(2)13(10(3)4,11(5)6)12(7)8;;/h5-16H2,1-4H3;9-12H,1-8H3;2*1H2/q2*+1;;/p-2. The van der Waals surface area contributed by atoms with Gasteiger partial charge in [-0.1, -0.05) is 53.4 Å². The highest BCUT2D eigenvalue weighted by molar-refractivity contribution is 4.61. The van der Waals surface area contributed by atoms with Gasteiger partial charge in [0.2, 0.25) is 0 Å². The highest BCUT2D eigenvalue weighted by Crippen LogP contribution is 2.28. The second-order valence-electron chi connectivity index (χ2n) is 10.9. The van der Waals surface area contributed by atoms with E-state index in [1.165, 1.54) is 86.5 Å². The molecule has 0 unspecified atom stereocenters. The summed E-state index contributed by atoms with van der Waals surface area (Å²) in [6.07, 6.45) is 11.1. The van der Waals surface area contributed by atoms with Gasteiger partial charge in [0.15, 0.2) is 0 Å². The van der Waals surface area contributed by atoms with Crippen molar-refractivity contribution in [2.45, 2.75) is 159 Å². The molecule has 0 fully saturated rings. The number of quaternary nitrogens is 2. The Morgan fingerprint density at radius 2 is 0.594 bits per heavy atom. The van der Waals surface area contributed by atoms with Crippen molar-refractivity contribution in [3.8, 4) is 0 Å². The molecule has 0 aromatic heterocycles. The van der Waals surface area contributed by atoms with E-state index in [1.54, 1.807) is 0 Å². The van der Waals surface area contributed by atoms with Crippen molar-refractivity contribution in [3.05, 3.63) is 0 Å². The lowest BCUT2D eigenvalue weighted by atomic mass is 10.0.